The number of hydrogen-bond donors (Lipinski definition) is 2. The summed E-state index contributed by atoms with van der Waals surface area (Å²) >= 11 is 5.93. The number of hydrogen-bond acceptors (Lipinski definition) is 2. The first kappa shape index (κ1) is 10.8. The molecule has 0 aliphatic heterocycles. The van der Waals surface area contributed by atoms with Crippen LogP contribution in [-0.4, -0.2) is 5.11 Å². The number of rotatable bonds is 1. The Morgan fingerprint density at radius 2 is 1.94 bits per heavy atom. The minimum Gasteiger partial charge on any atom is -0.505 e. The lowest BCUT2D eigenvalue weighted by atomic mass is 9.99. The number of nitrogen functional groups attached to an aromatic ring is 1. The molecule has 0 saturated heterocycles. The van der Waals surface area contributed by atoms with E-state index in [2.05, 4.69) is 0 Å². The van der Waals surface area contributed by atoms with Crippen LogP contribution >= 0.6 is 11.6 Å². The summed E-state index contributed by atoms with van der Waals surface area (Å²) in [7, 11) is 0. The molecule has 0 amide bonds. The van der Waals surface area contributed by atoms with Crippen LogP contribution < -0.4 is 5.73 Å². The van der Waals surface area contributed by atoms with Gasteiger partial charge in [0, 0.05) is 10.6 Å². The van der Waals surface area contributed by atoms with Gasteiger partial charge in [0.25, 0.3) is 0 Å². The molecule has 82 valence electrons. The van der Waals surface area contributed by atoms with Crippen molar-refractivity contribution in [3.8, 4) is 16.9 Å². The summed E-state index contributed by atoms with van der Waals surface area (Å²) in [6.07, 6.45) is 0. The third-order valence-electron chi connectivity index (χ3n) is 2.60. The smallest absolute Gasteiger partial charge is 0.141 e. The van der Waals surface area contributed by atoms with E-state index in [1.54, 1.807) is 6.07 Å². The van der Waals surface area contributed by atoms with Crippen LogP contribution in [0.4, 0.5) is 5.69 Å². The lowest BCUT2D eigenvalue weighted by molar-refractivity contribution is 0.474. The zero-order valence-corrected chi connectivity index (χ0v) is 9.62. The highest BCUT2D eigenvalue weighted by molar-refractivity contribution is 6.30. The number of aromatic hydroxyl groups is 1. The van der Waals surface area contributed by atoms with Crippen molar-refractivity contribution in [2.45, 2.75) is 6.92 Å². The molecule has 0 aromatic heterocycles. The first-order chi connectivity index (χ1) is 7.59. The summed E-state index contributed by atoms with van der Waals surface area (Å²) in [5.41, 5.74) is 8.69. The molecule has 0 radical (unpaired) electrons. The highest BCUT2D eigenvalue weighted by Gasteiger charge is 2.08. The second-order valence-electron chi connectivity index (χ2n) is 3.69. The molecule has 0 bridgehead atoms. The van der Waals surface area contributed by atoms with Gasteiger partial charge in [-0.25, -0.2) is 0 Å². The number of phenolic OH excluding ortho intramolecular Hbond substituents is 1. The van der Waals surface area contributed by atoms with E-state index in [0.29, 0.717) is 10.7 Å². The maximum Gasteiger partial charge on any atom is 0.141 e. The number of benzene rings is 2. The summed E-state index contributed by atoms with van der Waals surface area (Å²) in [6.45, 7) is 1.84. The van der Waals surface area contributed by atoms with Gasteiger partial charge in [-0.05, 0) is 36.2 Å². The van der Waals surface area contributed by atoms with Gasteiger partial charge in [-0.2, -0.15) is 0 Å². The molecule has 0 spiro atoms. The van der Waals surface area contributed by atoms with Crippen LogP contribution in [0.1, 0.15) is 5.56 Å². The first-order valence-electron chi connectivity index (χ1n) is 4.93. The fourth-order valence-electron chi connectivity index (χ4n) is 1.69. The van der Waals surface area contributed by atoms with Gasteiger partial charge < -0.3 is 10.8 Å². The molecule has 3 heteroatoms. The van der Waals surface area contributed by atoms with E-state index in [-0.39, 0.29) is 5.75 Å². The van der Waals surface area contributed by atoms with Crippen LogP contribution in [0.3, 0.4) is 0 Å². The average Bonchev–Trinajstić information content (AvgIpc) is 2.26. The summed E-state index contributed by atoms with van der Waals surface area (Å²) in [5, 5.41) is 10.4. The predicted molar refractivity (Wildman–Crippen MR) is 67.7 cm³/mol. The molecular weight excluding hydrogens is 222 g/mol. The predicted octanol–water partition coefficient (Wildman–Crippen LogP) is 3.60. The minimum absolute atomic E-state index is 0.137. The van der Waals surface area contributed by atoms with Crippen molar-refractivity contribution in [1.82, 2.24) is 0 Å². The standard InChI is InChI=1S/C13H12ClNO/c1-8-11(5-6-12(15)13(8)16)9-3-2-4-10(14)7-9/h2-7,16H,15H2,1H3. The Kier molecular flexibility index (Phi) is 2.75. The fourth-order valence-corrected chi connectivity index (χ4v) is 1.88. The van der Waals surface area contributed by atoms with E-state index < -0.39 is 0 Å². The van der Waals surface area contributed by atoms with Crippen molar-refractivity contribution in [3.63, 3.8) is 0 Å². The summed E-state index contributed by atoms with van der Waals surface area (Å²) in [5.74, 6) is 0.137. The van der Waals surface area contributed by atoms with Crippen LogP contribution in [0.15, 0.2) is 36.4 Å². The van der Waals surface area contributed by atoms with Gasteiger partial charge >= 0.3 is 0 Å². The normalized spacial score (nSPS) is 10.4. The Morgan fingerprint density at radius 3 is 2.62 bits per heavy atom. The molecule has 0 atom stereocenters. The molecule has 2 nitrogen and oxygen atoms in total. The molecule has 2 aromatic rings. The van der Waals surface area contributed by atoms with E-state index in [0.717, 1.165) is 16.7 Å². The van der Waals surface area contributed by atoms with Crippen molar-refractivity contribution >= 4 is 17.3 Å². The summed E-state index contributed by atoms with van der Waals surface area (Å²) in [6, 6.07) is 11.1. The molecule has 0 unspecified atom stereocenters. The van der Waals surface area contributed by atoms with Crippen LogP contribution in [-0.2, 0) is 0 Å². The minimum atomic E-state index is 0.137. The Morgan fingerprint density at radius 1 is 1.19 bits per heavy atom. The lowest BCUT2D eigenvalue weighted by Crippen LogP contribution is -1.90. The van der Waals surface area contributed by atoms with Gasteiger partial charge in [-0.15, -0.1) is 0 Å². The van der Waals surface area contributed by atoms with Crippen molar-refractivity contribution in [1.29, 1.82) is 0 Å². The molecule has 0 aliphatic carbocycles. The maximum absolute atomic E-state index is 9.76. The zero-order chi connectivity index (χ0) is 11.7. The van der Waals surface area contributed by atoms with Gasteiger partial charge in [0.1, 0.15) is 5.75 Å². The monoisotopic (exact) mass is 233 g/mol. The van der Waals surface area contributed by atoms with Crippen LogP contribution in [0.25, 0.3) is 11.1 Å². The Hall–Kier alpha value is -1.67. The largest absolute Gasteiger partial charge is 0.505 e. The molecule has 0 aliphatic rings. The van der Waals surface area contributed by atoms with Crippen LogP contribution in [0.2, 0.25) is 5.02 Å². The second kappa shape index (κ2) is 4.06. The van der Waals surface area contributed by atoms with Crippen molar-refractivity contribution in [2.75, 3.05) is 5.73 Å². The SMILES string of the molecule is Cc1c(-c2cccc(Cl)c2)ccc(N)c1O. The Labute approximate surface area is 99.3 Å². The second-order valence-corrected chi connectivity index (χ2v) is 4.12. The molecule has 0 heterocycles. The Bertz CT molecular complexity index is 537. The van der Waals surface area contributed by atoms with Crippen LogP contribution in [0, 0.1) is 6.92 Å². The lowest BCUT2D eigenvalue weighted by Gasteiger charge is -2.10. The number of anilines is 1. The molecule has 2 rings (SSSR count). The summed E-state index contributed by atoms with van der Waals surface area (Å²) < 4.78 is 0. The highest BCUT2D eigenvalue weighted by Crippen LogP contribution is 2.34. The zero-order valence-electron chi connectivity index (χ0n) is 8.87. The highest BCUT2D eigenvalue weighted by atomic mass is 35.5. The number of halogens is 1. The van der Waals surface area contributed by atoms with Gasteiger partial charge in [0.05, 0.1) is 5.69 Å². The first-order valence-corrected chi connectivity index (χ1v) is 5.31. The van der Waals surface area contributed by atoms with Gasteiger partial charge in [0.2, 0.25) is 0 Å². The van der Waals surface area contributed by atoms with E-state index in [1.165, 1.54) is 0 Å². The maximum atomic E-state index is 9.76. The van der Waals surface area contributed by atoms with E-state index in [4.69, 9.17) is 17.3 Å². The van der Waals surface area contributed by atoms with Crippen molar-refractivity contribution < 1.29 is 5.11 Å². The number of phenols is 1. The van der Waals surface area contributed by atoms with Gasteiger partial charge in [-0.1, -0.05) is 29.8 Å². The van der Waals surface area contributed by atoms with Gasteiger partial charge in [0.15, 0.2) is 0 Å². The Balaban J connectivity index is 2.61. The number of nitrogens with two attached hydrogens (primary N) is 1. The molecule has 3 N–H and O–H groups in total. The fraction of sp³-hybridized carbons (Fsp3) is 0.0769. The van der Waals surface area contributed by atoms with E-state index in [9.17, 15) is 5.11 Å². The van der Waals surface area contributed by atoms with Gasteiger partial charge in [-0.3, -0.25) is 0 Å². The van der Waals surface area contributed by atoms with Crippen molar-refractivity contribution in [2.24, 2.45) is 0 Å². The molecule has 2 aromatic carbocycles. The average molecular weight is 234 g/mol. The van der Waals surface area contributed by atoms with Crippen LogP contribution in [0.5, 0.6) is 5.75 Å². The van der Waals surface area contributed by atoms with Crippen molar-refractivity contribution in [3.05, 3.63) is 47.0 Å². The molecule has 0 fully saturated rings. The van der Waals surface area contributed by atoms with E-state index >= 15 is 0 Å². The topological polar surface area (TPSA) is 46.2 Å². The third-order valence-corrected chi connectivity index (χ3v) is 2.83. The van der Waals surface area contributed by atoms with E-state index in [1.807, 2.05) is 37.3 Å². The quantitative estimate of drug-likeness (QED) is 0.584. The molecular formula is C13H12ClNO. The molecule has 0 saturated carbocycles. The molecule has 16 heavy (non-hydrogen) atoms. The summed E-state index contributed by atoms with van der Waals surface area (Å²) in [4.78, 5) is 0. The third kappa shape index (κ3) is 1.84.